The molecule has 0 spiro atoms. The molecule has 0 radical (unpaired) electrons. The fourth-order valence-electron chi connectivity index (χ4n) is 4.85. The van der Waals surface area contributed by atoms with Crippen molar-refractivity contribution >= 4 is 0 Å². The zero-order valence-electron chi connectivity index (χ0n) is 19.4. The highest BCUT2D eigenvalue weighted by Crippen LogP contribution is 2.40. The molecule has 0 aliphatic carbocycles. The van der Waals surface area contributed by atoms with Gasteiger partial charge in [-0.1, -0.05) is 121 Å². The molecule has 0 amide bonds. The smallest absolute Gasteiger partial charge is 0.143 e. The highest BCUT2D eigenvalue weighted by atomic mass is 16.5. The molecule has 0 bridgehead atoms. The van der Waals surface area contributed by atoms with Crippen LogP contribution in [0.2, 0.25) is 0 Å². The van der Waals surface area contributed by atoms with E-state index >= 15 is 0 Å². The van der Waals surface area contributed by atoms with E-state index in [1.807, 2.05) is 0 Å². The lowest BCUT2D eigenvalue weighted by Crippen LogP contribution is -2.46. The fraction of sp³-hybridized carbons (Fsp3) is 0.226. The quantitative estimate of drug-likeness (QED) is 0.313. The van der Waals surface area contributed by atoms with Crippen LogP contribution in [0.5, 0.6) is 0 Å². The van der Waals surface area contributed by atoms with Crippen LogP contribution in [0.4, 0.5) is 0 Å². The van der Waals surface area contributed by atoms with E-state index in [4.69, 9.17) is 9.47 Å². The molecule has 1 heterocycles. The number of nitrogens with zero attached hydrogens (tertiary/aromatic N) is 1. The molecular formula is C31H31NO2. The van der Waals surface area contributed by atoms with Crippen LogP contribution in [-0.4, -0.2) is 37.3 Å². The summed E-state index contributed by atoms with van der Waals surface area (Å²) in [6, 6.07) is 42.2. The van der Waals surface area contributed by atoms with E-state index in [9.17, 15) is 0 Å². The Hall–Kier alpha value is -3.24. The van der Waals surface area contributed by atoms with Gasteiger partial charge in [0.25, 0.3) is 0 Å². The van der Waals surface area contributed by atoms with Crippen molar-refractivity contribution in [1.82, 2.24) is 4.90 Å². The number of benzene rings is 4. The van der Waals surface area contributed by atoms with E-state index in [1.54, 1.807) is 0 Å². The third-order valence-electron chi connectivity index (χ3n) is 6.50. The van der Waals surface area contributed by atoms with Crippen molar-refractivity contribution in [2.75, 3.05) is 26.3 Å². The van der Waals surface area contributed by atoms with Crippen LogP contribution >= 0.6 is 0 Å². The van der Waals surface area contributed by atoms with Crippen molar-refractivity contribution in [3.8, 4) is 0 Å². The van der Waals surface area contributed by atoms with Gasteiger partial charge in [-0.2, -0.15) is 0 Å². The van der Waals surface area contributed by atoms with Gasteiger partial charge in [0, 0.05) is 19.6 Å². The Morgan fingerprint density at radius 1 is 0.676 bits per heavy atom. The van der Waals surface area contributed by atoms with Gasteiger partial charge < -0.3 is 9.47 Å². The SMILES string of the molecule is c1ccc(CN2CCO[C@H](COC(c3ccccc3)(c3ccccc3)c3ccccc3)C2)cc1. The standard InChI is InChI=1S/C31H31NO2/c1-5-13-26(14-6-1)23-32-21-22-33-30(24-32)25-34-31(27-15-7-2-8-16-27,28-17-9-3-10-18-28)29-19-11-4-12-20-29/h1-20,30H,21-25H2/t30-/m0/s1. The van der Waals surface area contributed by atoms with Crippen LogP contribution in [0.25, 0.3) is 0 Å². The first kappa shape index (κ1) is 22.5. The molecule has 4 aromatic rings. The van der Waals surface area contributed by atoms with Gasteiger partial charge >= 0.3 is 0 Å². The Bertz CT molecular complexity index is 1040. The molecule has 0 N–H and O–H groups in total. The summed E-state index contributed by atoms with van der Waals surface area (Å²) in [6.45, 7) is 3.94. The van der Waals surface area contributed by atoms with Gasteiger partial charge in [-0.25, -0.2) is 0 Å². The molecule has 1 saturated heterocycles. The van der Waals surface area contributed by atoms with E-state index in [0.717, 1.165) is 42.9 Å². The maximum atomic E-state index is 6.97. The maximum Gasteiger partial charge on any atom is 0.143 e. The van der Waals surface area contributed by atoms with Crippen molar-refractivity contribution in [1.29, 1.82) is 0 Å². The molecule has 0 unspecified atom stereocenters. The van der Waals surface area contributed by atoms with Gasteiger partial charge in [0.2, 0.25) is 0 Å². The number of rotatable bonds is 8. The third-order valence-corrected chi connectivity index (χ3v) is 6.50. The van der Waals surface area contributed by atoms with Crippen molar-refractivity contribution in [3.05, 3.63) is 144 Å². The fourth-order valence-corrected chi connectivity index (χ4v) is 4.85. The number of morpholine rings is 1. The van der Waals surface area contributed by atoms with Crippen LogP contribution in [0.1, 0.15) is 22.3 Å². The summed E-state index contributed by atoms with van der Waals surface area (Å²) in [5, 5.41) is 0. The summed E-state index contributed by atoms with van der Waals surface area (Å²) in [5.74, 6) is 0. The lowest BCUT2D eigenvalue weighted by molar-refractivity contribution is -0.0995. The van der Waals surface area contributed by atoms with Gasteiger partial charge in [-0.3, -0.25) is 4.90 Å². The lowest BCUT2D eigenvalue weighted by atomic mass is 9.80. The van der Waals surface area contributed by atoms with Gasteiger partial charge in [0.15, 0.2) is 0 Å². The number of hydrogen-bond acceptors (Lipinski definition) is 3. The first-order chi connectivity index (χ1) is 16.8. The molecule has 1 atom stereocenters. The Kier molecular flexibility index (Phi) is 7.16. The lowest BCUT2D eigenvalue weighted by Gasteiger charge is -2.39. The summed E-state index contributed by atoms with van der Waals surface area (Å²) in [6.07, 6.45) is 0.00738. The molecule has 0 saturated carbocycles. The minimum Gasteiger partial charge on any atom is -0.373 e. The van der Waals surface area contributed by atoms with E-state index in [1.165, 1.54) is 5.56 Å². The summed E-state index contributed by atoms with van der Waals surface area (Å²) in [5.41, 5.74) is 3.96. The molecule has 5 rings (SSSR count). The predicted octanol–water partition coefficient (Wildman–Crippen LogP) is 5.90. The highest BCUT2D eigenvalue weighted by Gasteiger charge is 2.38. The van der Waals surface area contributed by atoms with Crippen molar-refractivity contribution in [2.45, 2.75) is 18.2 Å². The Balaban J connectivity index is 1.43. The van der Waals surface area contributed by atoms with Gasteiger partial charge in [-0.05, 0) is 22.3 Å². The van der Waals surface area contributed by atoms with Crippen molar-refractivity contribution in [2.24, 2.45) is 0 Å². The monoisotopic (exact) mass is 449 g/mol. The third kappa shape index (κ3) is 4.97. The minimum absolute atomic E-state index is 0.00738. The Labute approximate surface area is 202 Å². The average Bonchev–Trinajstić information content (AvgIpc) is 2.92. The Morgan fingerprint density at radius 3 is 1.65 bits per heavy atom. The molecule has 3 nitrogen and oxygen atoms in total. The molecule has 172 valence electrons. The maximum absolute atomic E-state index is 6.97. The van der Waals surface area contributed by atoms with Gasteiger partial charge in [0.1, 0.15) is 5.60 Å². The van der Waals surface area contributed by atoms with Crippen LogP contribution in [0, 0.1) is 0 Å². The Morgan fingerprint density at radius 2 is 1.15 bits per heavy atom. The summed E-state index contributed by atoms with van der Waals surface area (Å²) >= 11 is 0. The van der Waals surface area contributed by atoms with E-state index < -0.39 is 5.60 Å². The van der Waals surface area contributed by atoms with E-state index in [-0.39, 0.29) is 6.10 Å². The average molecular weight is 450 g/mol. The van der Waals surface area contributed by atoms with Crippen LogP contribution in [-0.2, 0) is 21.6 Å². The highest BCUT2D eigenvalue weighted by molar-refractivity contribution is 5.47. The molecule has 4 aromatic carbocycles. The molecule has 1 aliphatic rings. The number of ether oxygens (including phenoxy) is 2. The molecule has 34 heavy (non-hydrogen) atoms. The topological polar surface area (TPSA) is 21.7 Å². The molecular weight excluding hydrogens is 418 g/mol. The summed E-state index contributed by atoms with van der Waals surface area (Å²) < 4.78 is 13.2. The van der Waals surface area contributed by atoms with Crippen LogP contribution in [0.15, 0.2) is 121 Å². The molecule has 0 aromatic heterocycles. The normalized spacial score (nSPS) is 16.9. The van der Waals surface area contributed by atoms with Crippen LogP contribution in [0.3, 0.4) is 0 Å². The second-order valence-electron chi connectivity index (χ2n) is 8.80. The zero-order chi connectivity index (χ0) is 23.1. The summed E-state index contributed by atoms with van der Waals surface area (Å²) in [7, 11) is 0. The van der Waals surface area contributed by atoms with Crippen LogP contribution < -0.4 is 0 Å². The minimum atomic E-state index is -0.713. The second-order valence-corrected chi connectivity index (χ2v) is 8.80. The first-order valence-corrected chi connectivity index (χ1v) is 12.0. The van der Waals surface area contributed by atoms with Crippen molar-refractivity contribution < 1.29 is 9.47 Å². The van der Waals surface area contributed by atoms with Gasteiger partial charge in [0.05, 0.1) is 19.3 Å². The predicted molar refractivity (Wildman–Crippen MR) is 137 cm³/mol. The van der Waals surface area contributed by atoms with E-state index in [2.05, 4.69) is 126 Å². The van der Waals surface area contributed by atoms with Crippen molar-refractivity contribution in [3.63, 3.8) is 0 Å². The molecule has 1 aliphatic heterocycles. The largest absolute Gasteiger partial charge is 0.373 e. The molecule has 3 heteroatoms. The second kappa shape index (κ2) is 10.8. The van der Waals surface area contributed by atoms with E-state index in [0.29, 0.717) is 6.61 Å². The summed E-state index contributed by atoms with van der Waals surface area (Å²) in [4.78, 5) is 2.46. The molecule has 1 fully saturated rings. The number of hydrogen-bond donors (Lipinski definition) is 0. The zero-order valence-corrected chi connectivity index (χ0v) is 19.4. The first-order valence-electron chi connectivity index (χ1n) is 12.0. The van der Waals surface area contributed by atoms with Gasteiger partial charge in [-0.15, -0.1) is 0 Å².